The number of aromatic nitrogens is 3. The minimum atomic E-state index is -0.118. The van der Waals surface area contributed by atoms with Crippen molar-refractivity contribution in [2.45, 2.75) is 32.8 Å². The summed E-state index contributed by atoms with van der Waals surface area (Å²) in [6, 6.07) is 26.7. The minimum absolute atomic E-state index is 0.118. The van der Waals surface area contributed by atoms with Gasteiger partial charge in [0.05, 0.1) is 16.8 Å². The van der Waals surface area contributed by atoms with Crippen molar-refractivity contribution in [2.24, 2.45) is 0 Å². The van der Waals surface area contributed by atoms with E-state index in [0.717, 1.165) is 44.7 Å². The van der Waals surface area contributed by atoms with E-state index >= 15 is 0 Å². The summed E-state index contributed by atoms with van der Waals surface area (Å²) in [7, 11) is 0. The topological polar surface area (TPSA) is 39.4 Å². The monoisotopic (exact) mass is 407 g/mol. The van der Waals surface area contributed by atoms with Gasteiger partial charge in [-0.3, -0.25) is 0 Å². The standard InChI is InChI=1S/C27H25N3O/c1-27(2,3)25-24(26-28-17-21-11-7-8-12-23(21)30(26)29-25)20-13-15-22(16-14-20)31-18-19-9-5-4-6-10-19/h4-17H,18H2,1-3H3. The van der Waals surface area contributed by atoms with Crippen LogP contribution in [0, 0.1) is 0 Å². The Balaban J connectivity index is 1.56. The molecule has 0 amide bonds. The first kappa shape index (κ1) is 19.3. The van der Waals surface area contributed by atoms with E-state index in [9.17, 15) is 0 Å². The van der Waals surface area contributed by atoms with Crippen molar-refractivity contribution < 1.29 is 4.74 Å². The first-order valence-electron chi connectivity index (χ1n) is 10.5. The van der Waals surface area contributed by atoms with Crippen LogP contribution in [0.15, 0.2) is 85.1 Å². The van der Waals surface area contributed by atoms with E-state index in [-0.39, 0.29) is 5.41 Å². The Morgan fingerprint density at radius 3 is 2.29 bits per heavy atom. The molecule has 0 aliphatic carbocycles. The van der Waals surface area contributed by atoms with Gasteiger partial charge in [0.1, 0.15) is 12.4 Å². The molecule has 0 radical (unpaired) electrons. The highest BCUT2D eigenvalue weighted by atomic mass is 16.5. The van der Waals surface area contributed by atoms with Crippen molar-refractivity contribution in [3.63, 3.8) is 0 Å². The van der Waals surface area contributed by atoms with Gasteiger partial charge in [0.25, 0.3) is 0 Å². The first-order chi connectivity index (χ1) is 15.0. The van der Waals surface area contributed by atoms with Crippen molar-refractivity contribution in [1.82, 2.24) is 14.6 Å². The summed E-state index contributed by atoms with van der Waals surface area (Å²) in [5.41, 5.74) is 6.18. The average Bonchev–Trinajstić information content (AvgIpc) is 3.20. The lowest BCUT2D eigenvalue weighted by molar-refractivity contribution is 0.306. The molecule has 3 aromatic carbocycles. The minimum Gasteiger partial charge on any atom is -0.489 e. The van der Waals surface area contributed by atoms with E-state index < -0.39 is 0 Å². The molecular weight excluding hydrogens is 382 g/mol. The molecule has 0 saturated carbocycles. The van der Waals surface area contributed by atoms with Gasteiger partial charge >= 0.3 is 0 Å². The average molecular weight is 408 g/mol. The zero-order valence-electron chi connectivity index (χ0n) is 18.0. The molecule has 31 heavy (non-hydrogen) atoms. The van der Waals surface area contributed by atoms with Gasteiger partial charge in [-0.2, -0.15) is 5.10 Å². The van der Waals surface area contributed by atoms with E-state index in [2.05, 4.69) is 57.2 Å². The van der Waals surface area contributed by atoms with Crippen LogP contribution in [0.2, 0.25) is 0 Å². The third-order valence-corrected chi connectivity index (χ3v) is 5.45. The fraction of sp³-hybridized carbons (Fsp3) is 0.185. The van der Waals surface area contributed by atoms with Crippen LogP contribution in [0.25, 0.3) is 27.7 Å². The van der Waals surface area contributed by atoms with Gasteiger partial charge in [0, 0.05) is 17.0 Å². The highest BCUT2D eigenvalue weighted by Gasteiger charge is 2.26. The maximum Gasteiger partial charge on any atom is 0.163 e. The molecule has 0 atom stereocenters. The van der Waals surface area contributed by atoms with E-state index in [4.69, 9.17) is 14.8 Å². The molecule has 0 saturated heterocycles. The number of hydrogen-bond donors (Lipinski definition) is 0. The van der Waals surface area contributed by atoms with Crippen molar-refractivity contribution >= 4 is 16.6 Å². The zero-order valence-corrected chi connectivity index (χ0v) is 18.0. The summed E-state index contributed by atoms with van der Waals surface area (Å²) in [6.45, 7) is 7.13. The SMILES string of the molecule is CC(C)(C)c1nn2c(ncc3ccccc32)c1-c1ccc(OCc2ccccc2)cc1. The van der Waals surface area contributed by atoms with E-state index in [1.54, 1.807) is 0 Å². The van der Waals surface area contributed by atoms with Crippen molar-refractivity contribution in [3.05, 3.63) is 96.3 Å². The van der Waals surface area contributed by atoms with Gasteiger partial charge < -0.3 is 4.74 Å². The largest absolute Gasteiger partial charge is 0.489 e. The Hall–Kier alpha value is -3.66. The quantitative estimate of drug-likeness (QED) is 0.345. The molecule has 0 aliphatic rings. The van der Waals surface area contributed by atoms with Crippen molar-refractivity contribution in [3.8, 4) is 16.9 Å². The molecule has 0 fully saturated rings. The normalized spacial score (nSPS) is 11.8. The molecule has 5 aromatic rings. The Morgan fingerprint density at radius 2 is 1.55 bits per heavy atom. The fourth-order valence-electron chi connectivity index (χ4n) is 3.87. The number of nitrogens with zero attached hydrogens (tertiary/aromatic N) is 3. The van der Waals surface area contributed by atoms with E-state index in [0.29, 0.717) is 6.61 Å². The van der Waals surface area contributed by atoms with Crippen LogP contribution >= 0.6 is 0 Å². The molecule has 0 aliphatic heterocycles. The van der Waals surface area contributed by atoms with Crippen LogP contribution in [0.1, 0.15) is 32.0 Å². The fourth-order valence-corrected chi connectivity index (χ4v) is 3.87. The molecule has 2 heterocycles. The van der Waals surface area contributed by atoms with Crippen molar-refractivity contribution in [1.29, 1.82) is 0 Å². The Kier molecular flexibility index (Phi) is 4.70. The Morgan fingerprint density at radius 1 is 0.839 bits per heavy atom. The van der Waals surface area contributed by atoms with Crippen LogP contribution in [-0.2, 0) is 12.0 Å². The summed E-state index contributed by atoms with van der Waals surface area (Å²) in [6.07, 6.45) is 1.93. The highest BCUT2D eigenvalue weighted by molar-refractivity contribution is 5.87. The second kappa shape index (κ2) is 7.55. The number of ether oxygens (including phenoxy) is 1. The predicted molar refractivity (Wildman–Crippen MR) is 125 cm³/mol. The lowest BCUT2D eigenvalue weighted by Crippen LogP contribution is -2.13. The number of fused-ring (bicyclic) bond motifs is 3. The molecule has 0 unspecified atom stereocenters. The molecule has 4 heteroatoms. The lowest BCUT2D eigenvalue weighted by Gasteiger charge is -2.17. The van der Waals surface area contributed by atoms with Crippen LogP contribution in [-0.4, -0.2) is 14.6 Å². The van der Waals surface area contributed by atoms with Crippen molar-refractivity contribution in [2.75, 3.05) is 0 Å². The molecule has 0 spiro atoms. The molecule has 0 N–H and O–H groups in total. The summed E-state index contributed by atoms with van der Waals surface area (Å²) >= 11 is 0. The predicted octanol–water partition coefficient (Wildman–Crippen LogP) is 6.43. The second-order valence-electron chi connectivity index (χ2n) is 8.82. The summed E-state index contributed by atoms with van der Waals surface area (Å²) in [5, 5.41) is 6.09. The van der Waals surface area contributed by atoms with E-state index in [1.165, 1.54) is 0 Å². The van der Waals surface area contributed by atoms with E-state index in [1.807, 2.05) is 53.2 Å². The van der Waals surface area contributed by atoms with Crippen LogP contribution < -0.4 is 4.74 Å². The third kappa shape index (κ3) is 3.66. The lowest BCUT2D eigenvalue weighted by atomic mass is 9.87. The summed E-state index contributed by atoms with van der Waals surface area (Å²) in [4.78, 5) is 4.79. The van der Waals surface area contributed by atoms with Gasteiger partial charge in [-0.25, -0.2) is 9.50 Å². The maximum absolute atomic E-state index is 5.97. The number of benzene rings is 3. The maximum atomic E-state index is 5.97. The first-order valence-corrected chi connectivity index (χ1v) is 10.5. The molecule has 2 aromatic heterocycles. The number of para-hydroxylation sites is 1. The molecule has 4 nitrogen and oxygen atoms in total. The van der Waals surface area contributed by atoms with Crippen LogP contribution in [0.5, 0.6) is 5.75 Å². The molecule has 5 rings (SSSR count). The summed E-state index contributed by atoms with van der Waals surface area (Å²) < 4.78 is 7.95. The third-order valence-electron chi connectivity index (χ3n) is 5.45. The second-order valence-corrected chi connectivity index (χ2v) is 8.82. The molecular formula is C27H25N3O. The Bertz CT molecular complexity index is 1350. The van der Waals surface area contributed by atoms with Crippen LogP contribution in [0.4, 0.5) is 0 Å². The van der Waals surface area contributed by atoms with Gasteiger partial charge in [0.15, 0.2) is 5.65 Å². The smallest absolute Gasteiger partial charge is 0.163 e. The van der Waals surface area contributed by atoms with Gasteiger partial charge in [-0.05, 0) is 29.3 Å². The number of rotatable bonds is 4. The van der Waals surface area contributed by atoms with Crippen LogP contribution in [0.3, 0.4) is 0 Å². The number of hydrogen-bond acceptors (Lipinski definition) is 3. The van der Waals surface area contributed by atoms with Gasteiger partial charge in [0.2, 0.25) is 0 Å². The van der Waals surface area contributed by atoms with Gasteiger partial charge in [-0.1, -0.05) is 81.4 Å². The molecule has 154 valence electrons. The van der Waals surface area contributed by atoms with Gasteiger partial charge in [-0.15, -0.1) is 0 Å². The Labute approximate surface area is 182 Å². The highest BCUT2D eigenvalue weighted by Crippen LogP contribution is 2.36. The summed E-state index contributed by atoms with van der Waals surface area (Å²) in [5.74, 6) is 0.847. The zero-order chi connectivity index (χ0) is 21.4. The molecule has 0 bridgehead atoms.